The van der Waals surface area contributed by atoms with Crippen LogP contribution < -0.4 is 5.73 Å². The second-order valence-electron chi connectivity index (χ2n) is 4.55. The number of hydrogen-bond acceptors (Lipinski definition) is 3. The fourth-order valence-corrected chi connectivity index (χ4v) is 2.07. The zero-order valence-electron chi connectivity index (χ0n) is 11.5. The maximum Gasteiger partial charge on any atom is 0.354 e. The highest BCUT2D eigenvalue weighted by Crippen LogP contribution is 2.21. The van der Waals surface area contributed by atoms with Crippen LogP contribution in [0, 0.1) is 0 Å². The molecule has 0 amide bonds. The highest BCUT2D eigenvalue weighted by Gasteiger charge is 2.20. The van der Waals surface area contributed by atoms with Crippen molar-refractivity contribution in [3.8, 4) is 0 Å². The number of carboxylic acids is 1. The van der Waals surface area contributed by atoms with Crippen LogP contribution in [0.3, 0.4) is 0 Å². The van der Waals surface area contributed by atoms with E-state index < -0.39 is 5.97 Å². The smallest absolute Gasteiger partial charge is 0.354 e. The molecule has 3 N–H and O–H groups in total. The highest BCUT2D eigenvalue weighted by molar-refractivity contribution is 5.88. The van der Waals surface area contributed by atoms with E-state index in [1.54, 1.807) is 11.6 Å². The van der Waals surface area contributed by atoms with Crippen LogP contribution in [0.15, 0.2) is 42.0 Å². The number of aromatic nitrogens is 2. The van der Waals surface area contributed by atoms with Crippen molar-refractivity contribution < 1.29 is 9.90 Å². The summed E-state index contributed by atoms with van der Waals surface area (Å²) in [5.74, 6) is -0.424. The number of nitrogens with two attached hydrogens (primary N) is 1. The minimum atomic E-state index is -1.02. The second kappa shape index (κ2) is 5.71. The van der Waals surface area contributed by atoms with E-state index in [9.17, 15) is 9.90 Å². The van der Waals surface area contributed by atoms with Crippen molar-refractivity contribution in [2.24, 2.45) is 12.8 Å². The van der Waals surface area contributed by atoms with Crippen LogP contribution in [-0.2, 0) is 13.6 Å². The molecule has 0 saturated heterocycles. The van der Waals surface area contributed by atoms with Crippen molar-refractivity contribution in [2.75, 3.05) is 0 Å². The first-order valence-electron chi connectivity index (χ1n) is 6.27. The van der Waals surface area contributed by atoms with Crippen LogP contribution in [0.2, 0.25) is 0 Å². The average molecular weight is 271 g/mol. The summed E-state index contributed by atoms with van der Waals surface area (Å²) in [5, 5.41) is 9.25. The van der Waals surface area contributed by atoms with Gasteiger partial charge in [0.15, 0.2) is 5.69 Å². The molecule has 1 aromatic heterocycles. The van der Waals surface area contributed by atoms with Crippen LogP contribution in [0.4, 0.5) is 0 Å². The minimum absolute atomic E-state index is 0.0984. The van der Waals surface area contributed by atoms with Gasteiger partial charge in [0.05, 0.1) is 5.69 Å². The molecular formula is C15H17N3O2. The second-order valence-corrected chi connectivity index (χ2v) is 4.55. The molecular weight excluding hydrogens is 254 g/mol. The van der Waals surface area contributed by atoms with E-state index in [0.29, 0.717) is 11.5 Å². The van der Waals surface area contributed by atoms with Gasteiger partial charge in [-0.15, -0.1) is 0 Å². The van der Waals surface area contributed by atoms with Gasteiger partial charge >= 0.3 is 5.97 Å². The molecule has 0 atom stereocenters. The first-order chi connectivity index (χ1) is 9.54. The predicted octanol–water partition coefficient (Wildman–Crippen LogP) is 2.03. The fourth-order valence-electron chi connectivity index (χ4n) is 2.07. The van der Waals surface area contributed by atoms with Crippen LogP contribution in [0.1, 0.15) is 28.9 Å². The van der Waals surface area contributed by atoms with Crippen molar-refractivity contribution in [3.63, 3.8) is 0 Å². The molecule has 20 heavy (non-hydrogen) atoms. The van der Waals surface area contributed by atoms with Gasteiger partial charge in [0.2, 0.25) is 0 Å². The quantitative estimate of drug-likeness (QED) is 0.881. The van der Waals surface area contributed by atoms with E-state index >= 15 is 0 Å². The molecule has 1 aliphatic rings. The predicted molar refractivity (Wildman–Crippen MR) is 78.1 cm³/mol. The highest BCUT2D eigenvalue weighted by atomic mass is 16.4. The molecule has 0 aromatic carbocycles. The van der Waals surface area contributed by atoms with Gasteiger partial charge in [-0.05, 0) is 6.92 Å². The van der Waals surface area contributed by atoms with Gasteiger partial charge in [-0.2, -0.15) is 0 Å². The summed E-state index contributed by atoms with van der Waals surface area (Å²) in [7, 11) is 1.69. The molecule has 0 spiro atoms. The maximum atomic E-state index is 11.3. The molecule has 2 rings (SSSR count). The van der Waals surface area contributed by atoms with Crippen LogP contribution >= 0.6 is 0 Å². The maximum absolute atomic E-state index is 11.3. The first-order valence-corrected chi connectivity index (χ1v) is 6.27. The lowest BCUT2D eigenvalue weighted by molar-refractivity contribution is 0.0685. The summed E-state index contributed by atoms with van der Waals surface area (Å²) >= 11 is 0. The molecule has 0 fully saturated rings. The number of aromatic carboxylic acids is 1. The van der Waals surface area contributed by atoms with E-state index in [-0.39, 0.29) is 12.2 Å². The summed E-state index contributed by atoms with van der Waals surface area (Å²) in [6, 6.07) is 0. The number of hydrogen-bond donors (Lipinski definition) is 2. The number of nitrogens with zero attached hydrogens (tertiary/aromatic N) is 2. The summed E-state index contributed by atoms with van der Waals surface area (Å²) in [5.41, 5.74) is 8.06. The van der Waals surface area contributed by atoms with Gasteiger partial charge in [-0.3, -0.25) is 0 Å². The topological polar surface area (TPSA) is 81.1 Å². The van der Waals surface area contributed by atoms with Gasteiger partial charge in [-0.25, -0.2) is 9.78 Å². The molecule has 0 bridgehead atoms. The van der Waals surface area contributed by atoms with E-state index in [0.717, 1.165) is 11.1 Å². The Labute approximate surface area is 117 Å². The Balaban J connectivity index is 2.54. The van der Waals surface area contributed by atoms with Gasteiger partial charge in [0, 0.05) is 19.2 Å². The SMILES string of the molecule is CC1=C/C=C\C=C(c2nc(CN)c(C(=O)O)n2C)/C=C\1. The molecule has 5 nitrogen and oxygen atoms in total. The molecule has 5 heteroatoms. The Morgan fingerprint density at radius 1 is 1.35 bits per heavy atom. The van der Waals surface area contributed by atoms with Crippen molar-refractivity contribution in [3.05, 3.63) is 59.2 Å². The normalized spacial score (nSPS) is 22.9. The Bertz CT molecular complexity index is 661. The van der Waals surface area contributed by atoms with E-state index in [1.807, 2.05) is 43.4 Å². The van der Waals surface area contributed by atoms with Crippen LogP contribution in [-0.4, -0.2) is 20.6 Å². The number of imidazole rings is 1. The van der Waals surface area contributed by atoms with Crippen molar-refractivity contribution in [1.29, 1.82) is 0 Å². The minimum Gasteiger partial charge on any atom is -0.477 e. The fraction of sp³-hybridized carbons (Fsp3) is 0.200. The standard InChI is InChI=1S/C15H17N3O2/c1-10-5-3-4-6-11(8-7-10)14-17-12(9-16)13(15(19)20)18(14)2/h3-8H,9,16H2,1-2H3,(H,19,20)/b4-3-,5-3?,6-4?,8-7-,10-5-,10-7?,11-6+,11-8?. The molecule has 0 saturated carbocycles. The number of carbonyl (C=O) groups is 1. The van der Waals surface area contributed by atoms with E-state index in [2.05, 4.69) is 4.98 Å². The Morgan fingerprint density at radius 2 is 2.05 bits per heavy atom. The lowest BCUT2D eigenvalue weighted by Crippen LogP contribution is -2.10. The van der Waals surface area contributed by atoms with Crippen molar-refractivity contribution >= 4 is 11.5 Å². The Morgan fingerprint density at radius 3 is 2.65 bits per heavy atom. The average Bonchev–Trinajstić information content (AvgIpc) is 2.72. The van der Waals surface area contributed by atoms with Crippen molar-refractivity contribution in [2.45, 2.75) is 13.5 Å². The zero-order chi connectivity index (χ0) is 14.7. The summed E-state index contributed by atoms with van der Waals surface area (Å²) in [4.78, 5) is 15.7. The molecule has 1 aromatic rings. The van der Waals surface area contributed by atoms with Crippen LogP contribution in [0.5, 0.6) is 0 Å². The third-order valence-corrected chi connectivity index (χ3v) is 3.09. The molecule has 104 valence electrons. The summed E-state index contributed by atoms with van der Waals surface area (Å²) in [6.45, 7) is 2.09. The number of rotatable bonds is 3. The van der Waals surface area contributed by atoms with Crippen molar-refractivity contribution in [1.82, 2.24) is 9.55 Å². The third kappa shape index (κ3) is 2.62. The lowest BCUT2D eigenvalue weighted by atomic mass is 10.1. The Hall–Kier alpha value is -2.40. The monoisotopic (exact) mass is 271 g/mol. The van der Waals surface area contributed by atoms with E-state index in [4.69, 9.17) is 5.73 Å². The molecule has 0 radical (unpaired) electrons. The lowest BCUT2D eigenvalue weighted by Gasteiger charge is -2.05. The largest absolute Gasteiger partial charge is 0.477 e. The zero-order valence-corrected chi connectivity index (χ0v) is 11.5. The molecule has 1 heterocycles. The summed E-state index contributed by atoms with van der Waals surface area (Å²) in [6.07, 6.45) is 11.6. The number of carboxylic acid groups (broad SMARTS) is 1. The molecule has 1 aliphatic carbocycles. The first kappa shape index (κ1) is 14.0. The summed E-state index contributed by atoms with van der Waals surface area (Å²) < 4.78 is 1.56. The van der Waals surface area contributed by atoms with E-state index in [1.165, 1.54) is 0 Å². The molecule has 0 aliphatic heterocycles. The van der Waals surface area contributed by atoms with Gasteiger partial charge in [-0.1, -0.05) is 42.0 Å². The van der Waals surface area contributed by atoms with Gasteiger partial charge < -0.3 is 15.4 Å². The van der Waals surface area contributed by atoms with Gasteiger partial charge in [0.1, 0.15) is 5.82 Å². The third-order valence-electron chi connectivity index (χ3n) is 3.09. The molecule has 0 unspecified atom stereocenters. The van der Waals surface area contributed by atoms with Gasteiger partial charge in [0.25, 0.3) is 0 Å². The van der Waals surface area contributed by atoms with Crippen LogP contribution in [0.25, 0.3) is 5.57 Å². The Kier molecular flexibility index (Phi) is 4.00. The number of allylic oxidation sites excluding steroid dienone is 8.